The average molecular weight is 451 g/mol. The van der Waals surface area contributed by atoms with Crippen LogP contribution >= 0.6 is 11.8 Å². The number of aromatic carboxylic acids is 1. The molecule has 0 aromatic heterocycles. The van der Waals surface area contributed by atoms with Crippen LogP contribution in [0.3, 0.4) is 0 Å². The first-order valence-corrected chi connectivity index (χ1v) is 10.8. The van der Waals surface area contributed by atoms with Gasteiger partial charge < -0.3 is 10.4 Å². The number of rotatable bonds is 8. The van der Waals surface area contributed by atoms with Crippen LogP contribution in [0.1, 0.15) is 35.7 Å². The fourth-order valence-electron chi connectivity index (χ4n) is 3.07. The van der Waals surface area contributed by atoms with Crippen molar-refractivity contribution in [2.45, 2.75) is 19.8 Å². The summed E-state index contributed by atoms with van der Waals surface area (Å²) in [6.45, 7) is 2.02. The highest BCUT2D eigenvalue weighted by Gasteiger charge is 2.34. The summed E-state index contributed by atoms with van der Waals surface area (Å²) in [6.07, 6.45) is 4.07. The van der Waals surface area contributed by atoms with Crippen molar-refractivity contribution in [3.8, 4) is 0 Å². The van der Waals surface area contributed by atoms with E-state index in [0.29, 0.717) is 17.0 Å². The third-order valence-electron chi connectivity index (χ3n) is 4.63. The summed E-state index contributed by atoms with van der Waals surface area (Å²) in [5.41, 5.74) is 2.47. The SMILES string of the molecule is CC(=C/c1ccccc1)/C=C1\SC(=O)N(CCCC(=O)Nc2ccc(C(=O)O)cc2)C1=O. The second-order valence-corrected chi connectivity index (χ2v) is 8.16. The van der Waals surface area contributed by atoms with Crippen LogP contribution < -0.4 is 5.32 Å². The van der Waals surface area contributed by atoms with Gasteiger partial charge in [-0.1, -0.05) is 36.4 Å². The Bertz CT molecular complexity index is 1090. The summed E-state index contributed by atoms with van der Waals surface area (Å²) >= 11 is 0.895. The number of thioether (sulfide) groups is 1. The molecule has 0 radical (unpaired) electrons. The van der Waals surface area contributed by atoms with E-state index < -0.39 is 5.97 Å². The Morgan fingerprint density at radius 1 is 1.06 bits per heavy atom. The van der Waals surface area contributed by atoms with Crippen LogP contribution in [-0.4, -0.2) is 39.6 Å². The van der Waals surface area contributed by atoms with Gasteiger partial charge in [0, 0.05) is 18.7 Å². The second kappa shape index (κ2) is 10.6. The molecular weight excluding hydrogens is 428 g/mol. The smallest absolute Gasteiger partial charge is 0.335 e. The number of nitrogens with one attached hydrogen (secondary N) is 1. The van der Waals surface area contributed by atoms with E-state index in [-0.39, 0.29) is 35.6 Å². The summed E-state index contributed by atoms with van der Waals surface area (Å²) in [7, 11) is 0. The van der Waals surface area contributed by atoms with Gasteiger partial charge in [0.2, 0.25) is 5.91 Å². The summed E-state index contributed by atoms with van der Waals surface area (Å²) in [4.78, 5) is 49.3. The van der Waals surface area contributed by atoms with Crippen LogP contribution in [0.25, 0.3) is 6.08 Å². The minimum absolute atomic E-state index is 0.119. The number of allylic oxidation sites excluding steroid dienone is 2. The van der Waals surface area contributed by atoms with E-state index in [2.05, 4.69) is 5.32 Å². The van der Waals surface area contributed by atoms with Gasteiger partial charge in [0.05, 0.1) is 10.5 Å². The minimum atomic E-state index is -1.04. The van der Waals surface area contributed by atoms with Gasteiger partial charge in [-0.05, 0) is 66.6 Å². The zero-order valence-electron chi connectivity index (χ0n) is 17.4. The molecule has 0 spiro atoms. The molecule has 32 heavy (non-hydrogen) atoms. The molecule has 1 fully saturated rings. The van der Waals surface area contributed by atoms with E-state index in [0.717, 1.165) is 27.8 Å². The maximum atomic E-state index is 12.6. The highest BCUT2D eigenvalue weighted by atomic mass is 32.2. The molecule has 0 aliphatic carbocycles. The normalized spacial score (nSPS) is 15.3. The van der Waals surface area contributed by atoms with Crippen molar-refractivity contribution < 1.29 is 24.3 Å². The lowest BCUT2D eigenvalue weighted by atomic mass is 10.1. The quantitative estimate of drug-likeness (QED) is 0.561. The van der Waals surface area contributed by atoms with Crippen molar-refractivity contribution in [1.29, 1.82) is 0 Å². The standard InChI is InChI=1S/C24H22N2O5S/c1-16(14-17-6-3-2-4-7-17)15-20-22(28)26(24(31)32-20)13-5-8-21(27)25-19-11-9-18(10-12-19)23(29)30/h2-4,6-7,9-12,14-15H,5,8,13H2,1H3,(H,25,27)(H,29,30)/b16-14-,20-15-. The van der Waals surface area contributed by atoms with Crippen LogP contribution in [0.2, 0.25) is 0 Å². The molecule has 1 saturated heterocycles. The van der Waals surface area contributed by atoms with Crippen molar-refractivity contribution in [3.05, 3.63) is 82.3 Å². The van der Waals surface area contributed by atoms with E-state index in [1.807, 2.05) is 43.3 Å². The molecule has 0 saturated carbocycles. The maximum absolute atomic E-state index is 12.6. The van der Waals surface area contributed by atoms with Crippen LogP contribution in [0.15, 0.2) is 71.2 Å². The Morgan fingerprint density at radius 2 is 1.75 bits per heavy atom. The number of hydrogen-bond donors (Lipinski definition) is 2. The third kappa shape index (κ3) is 6.18. The number of carbonyl (C=O) groups is 4. The topological polar surface area (TPSA) is 104 Å². The zero-order chi connectivity index (χ0) is 23.1. The number of imide groups is 1. The number of carbonyl (C=O) groups excluding carboxylic acids is 3. The molecule has 3 rings (SSSR count). The predicted molar refractivity (Wildman–Crippen MR) is 124 cm³/mol. The number of carboxylic acids is 1. The van der Waals surface area contributed by atoms with Gasteiger partial charge >= 0.3 is 5.97 Å². The van der Waals surface area contributed by atoms with Crippen molar-refractivity contribution in [2.24, 2.45) is 0 Å². The van der Waals surface area contributed by atoms with E-state index in [4.69, 9.17) is 5.11 Å². The fraction of sp³-hybridized carbons (Fsp3) is 0.167. The van der Waals surface area contributed by atoms with Crippen LogP contribution in [-0.2, 0) is 9.59 Å². The maximum Gasteiger partial charge on any atom is 0.335 e. The molecule has 2 N–H and O–H groups in total. The molecule has 1 aliphatic heterocycles. The minimum Gasteiger partial charge on any atom is -0.478 e. The van der Waals surface area contributed by atoms with Gasteiger partial charge in [-0.25, -0.2) is 4.79 Å². The first kappa shape index (κ1) is 23.0. The van der Waals surface area contributed by atoms with Gasteiger partial charge in [-0.15, -0.1) is 0 Å². The Labute approximate surface area is 189 Å². The lowest BCUT2D eigenvalue weighted by Crippen LogP contribution is -2.29. The van der Waals surface area contributed by atoms with E-state index in [1.165, 1.54) is 24.3 Å². The first-order chi connectivity index (χ1) is 15.3. The fourth-order valence-corrected chi connectivity index (χ4v) is 3.99. The van der Waals surface area contributed by atoms with Gasteiger partial charge in [0.25, 0.3) is 11.1 Å². The number of benzene rings is 2. The largest absolute Gasteiger partial charge is 0.478 e. The van der Waals surface area contributed by atoms with E-state index >= 15 is 0 Å². The van der Waals surface area contributed by atoms with Crippen molar-refractivity contribution >= 4 is 46.5 Å². The van der Waals surface area contributed by atoms with Crippen molar-refractivity contribution in [2.75, 3.05) is 11.9 Å². The molecule has 0 atom stereocenters. The second-order valence-electron chi connectivity index (χ2n) is 7.17. The highest BCUT2D eigenvalue weighted by Crippen LogP contribution is 2.32. The van der Waals surface area contributed by atoms with E-state index in [1.54, 1.807) is 6.08 Å². The van der Waals surface area contributed by atoms with Gasteiger partial charge in [-0.2, -0.15) is 0 Å². The number of amides is 3. The van der Waals surface area contributed by atoms with Crippen LogP contribution in [0.4, 0.5) is 10.5 Å². The van der Waals surface area contributed by atoms with Gasteiger partial charge in [0.15, 0.2) is 0 Å². The predicted octanol–water partition coefficient (Wildman–Crippen LogP) is 4.79. The number of carboxylic acid groups (broad SMARTS) is 1. The van der Waals surface area contributed by atoms with Crippen LogP contribution in [0.5, 0.6) is 0 Å². The molecule has 1 aliphatic rings. The molecule has 164 valence electrons. The summed E-state index contributed by atoms with van der Waals surface area (Å²) < 4.78 is 0. The molecule has 7 nitrogen and oxygen atoms in total. The monoisotopic (exact) mass is 450 g/mol. The van der Waals surface area contributed by atoms with Crippen molar-refractivity contribution in [3.63, 3.8) is 0 Å². The molecule has 0 bridgehead atoms. The lowest BCUT2D eigenvalue weighted by Gasteiger charge is -2.12. The highest BCUT2D eigenvalue weighted by molar-refractivity contribution is 8.18. The van der Waals surface area contributed by atoms with Gasteiger partial charge in [-0.3, -0.25) is 19.3 Å². The molecular formula is C24H22N2O5S. The summed E-state index contributed by atoms with van der Waals surface area (Å²) in [6, 6.07) is 15.5. The van der Waals surface area contributed by atoms with Crippen molar-refractivity contribution in [1.82, 2.24) is 4.90 Å². The Morgan fingerprint density at radius 3 is 2.41 bits per heavy atom. The molecule has 0 unspecified atom stereocenters. The lowest BCUT2D eigenvalue weighted by molar-refractivity contribution is -0.123. The molecule has 3 amide bonds. The number of hydrogen-bond acceptors (Lipinski definition) is 5. The molecule has 8 heteroatoms. The molecule has 1 heterocycles. The number of nitrogens with zero attached hydrogens (tertiary/aromatic N) is 1. The first-order valence-electron chi connectivity index (χ1n) is 9.95. The Balaban J connectivity index is 1.51. The average Bonchev–Trinajstić information content (AvgIpc) is 3.02. The molecule has 2 aromatic rings. The van der Waals surface area contributed by atoms with Gasteiger partial charge in [0.1, 0.15) is 0 Å². The number of anilines is 1. The third-order valence-corrected chi connectivity index (χ3v) is 5.53. The zero-order valence-corrected chi connectivity index (χ0v) is 18.2. The summed E-state index contributed by atoms with van der Waals surface area (Å²) in [5.74, 6) is -1.68. The summed E-state index contributed by atoms with van der Waals surface area (Å²) in [5, 5.41) is 11.2. The Hall–Kier alpha value is -3.65. The Kier molecular flexibility index (Phi) is 7.62. The van der Waals surface area contributed by atoms with Crippen LogP contribution in [0, 0.1) is 0 Å². The molecule has 2 aromatic carbocycles. The van der Waals surface area contributed by atoms with E-state index in [9.17, 15) is 19.2 Å².